The van der Waals surface area contributed by atoms with Gasteiger partial charge in [0.05, 0.1) is 20.3 Å². The number of nitrogens with zero attached hydrogens (tertiary/aromatic N) is 1. The van der Waals surface area contributed by atoms with Gasteiger partial charge in [0, 0.05) is 24.7 Å². The molecular weight excluding hydrogens is 228 g/mol. The normalized spacial score (nSPS) is 18.8. The molecule has 1 heterocycles. The van der Waals surface area contributed by atoms with Gasteiger partial charge in [0.1, 0.15) is 11.5 Å². The molecular formula is C14H22N2O2. The van der Waals surface area contributed by atoms with Gasteiger partial charge < -0.3 is 15.2 Å². The smallest absolute Gasteiger partial charge is 0.127 e. The minimum atomic E-state index is 0.265. The van der Waals surface area contributed by atoms with Crippen molar-refractivity contribution in [3.05, 3.63) is 23.3 Å². The molecule has 0 saturated carbocycles. The fraction of sp³-hybridized carbons (Fsp3) is 0.571. The predicted molar refractivity (Wildman–Crippen MR) is 72.0 cm³/mol. The van der Waals surface area contributed by atoms with Crippen molar-refractivity contribution in [2.45, 2.75) is 25.9 Å². The molecule has 18 heavy (non-hydrogen) atoms. The number of hydrogen-bond donors (Lipinski definition) is 1. The Balaban J connectivity index is 2.42. The number of benzene rings is 1. The highest BCUT2D eigenvalue weighted by molar-refractivity contribution is 5.50. The van der Waals surface area contributed by atoms with Crippen LogP contribution in [-0.4, -0.2) is 32.2 Å². The Morgan fingerprint density at radius 1 is 1.33 bits per heavy atom. The average molecular weight is 250 g/mol. The summed E-state index contributed by atoms with van der Waals surface area (Å²) in [5.74, 6) is 1.73. The summed E-state index contributed by atoms with van der Waals surface area (Å²) < 4.78 is 10.8. The van der Waals surface area contributed by atoms with Gasteiger partial charge in [0.2, 0.25) is 0 Å². The maximum absolute atomic E-state index is 5.93. The zero-order valence-corrected chi connectivity index (χ0v) is 11.4. The van der Waals surface area contributed by atoms with Gasteiger partial charge in [-0.2, -0.15) is 0 Å². The average Bonchev–Trinajstić information content (AvgIpc) is 2.75. The van der Waals surface area contributed by atoms with Crippen molar-refractivity contribution < 1.29 is 9.47 Å². The Hall–Kier alpha value is -1.26. The van der Waals surface area contributed by atoms with Crippen molar-refractivity contribution in [3.8, 4) is 11.5 Å². The molecule has 2 rings (SSSR count). The van der Waals surface area contributed by atoms with Gasteiger partial charge in [-0.05, 0) is 24.6 Å². The fourth-order valence-corrected chi connectivity index (χ4v) is 2.75. The van der Waals surface area contributed by atoms with Crippen LogP contribution in [0.15, 0.2) is 12.1 Å². The summed E-state index contributed by atoms with van der Waals surface area (Å²) in [6, 6.07) is 4.30. The summed E-state index contributed by atoms with van der Waals surface area (Å²) in [5.41, 5.74) is 8.44. The molecule has 0 aromatic heterocycles. The van der Waals surface area contributed by atoms with Crippen LogP contribution in [0.5, 0.6) is 11.5 Å². The highest BCUT2D eigenvalue weighted by Gasteiger charge is 2.32. The highest BCUT2D eigenvalue weighted by atomic mass is 16.5. The van der Waals surface area contributed by atoms with Gasteiger partial charge >= 0.3 is 0 Å². The third-order valence-corrected chi connectivity index (χ3v) is 3.54. The van der Waals surface area contributed by atoms with E-state index in [1.807, 2.05) is 6.07 Å². The molecule has 1 aromatic rings. The molecule has 0 saturated heterocycles. The van der Waals surface area contributed by atoms with Crippen molar-refractivity contribution in [2.24, 2.45) is 5.73 Å². The van der Waals surface area contributed by atoms with Crippen LogP contribution in [0.1, 0.15) is 30.5 Å². The van der Waals surface area contributed by atoms with Crippen LogP contribution < -0.4 is 15.2 Å². The molecule has 4 heteroatoms. The van der Waals surface area contributed by atoms with Crippen LogP contribution in [0.2, 0.25) is 0 Å². The van der Waals surface area contributed by atoms with Crippen molar-refractivity contribution in [3.63, 3.8) is 0 Å². The van der Waals surface area contributed by atoms with Gasteiger partial charge in [-0.1, -0.05) is 6.92 Å². The van der Waals surface area contributed by atoms with Gasteiger partial charge in [0.25, 0.3) is 0 Å². The van der Waals surface area contributed by atoms with Crippen LogP contribution >= 0.6 is 0 Å². The van der Waals surface area contributed by atoms with Crippen molar-refractivity contribution in [2.75, 3.05) is 27.3 Å². The van der Waals surface area contributed by atoms with Gasteiger partial charge in [-0.3, -0.25) is 4.90 Å². The minimum absolute atomic E-state index is 0.265. The molecule has 1 aliphatic heterocycles. The Bertz CT molecular complexity index is 421. The molecule has 0 radical (unpaired) electrons. The van der Waals surface area contributed by atoms with E-state index in [1.165, 1.54) is 11.1 Å². The van der Waals surface area contributed by atoms with E-state index in [1.54, 1.807) is 14.2 Å². The number of methoxy groups -OCH3 is 2. The van der Waals surface area contributed by atoms with Crippen molar-refractivity contribution in [1.29, 1.82) is 0 Å². The van der Waals surface area contributed by atoms with E-state index < -0.39 is 0 Å². The summed E-state index contributed by atoms with van der Waals surface area (Å²) in [5, 5.41) is 0. The minimum Gasteiger partial charge on any atom is -0.497 e. The second kappa shape index (κ2) is 5.59. The Labute approximate surface area is 109 Å². The molecule has 1 atom stereocenters. The third kappa shape index (κ3) is 2.18. The maximum Gasteiger partial charge on any atom is 0.127 e. The van der Waals surface area contributed by atoms with Crippen LogP contribution in [0, 0.1) is 0 Å². The van der Waals surface area contributed by atoms with E-state index in [2.05, 4.69) is 17.9 Å². The lowest BCUT2D eigenvalue weighted by molar-refractivity contribution is 0.218. The molecule has 0 aliphatic carbocycles. The second-order valence-electron chi connectivity index (χ2n) is 4.62. The van der Waals surface area contributed by atoms with E-state index in [0.29, 0.717) is 6.54 Å². The lowest BCUT2D eigenvalue weighted by Crippen LogP contribution is -2.28. The number of fused-ring (bicyclic) bond motifs is 1. The first-order valence-electron chi connectivity index (χ1n) is 6.44. The summed E-state index contributed by atoms with van der Waals surface area (Å²) in [6.07, 6.45) is 1.13. The topological polar surface area (TPSA) is 47.7 Å². The molecule has 1 aromatic carbocycles. The van der Waals surface area contributed by atoms with E-state index in [4.69, 9.17) is 15.2 Å². The van der Waals surface area contributed by atoms with Crippen molar-refractivity contribution >= 4 is 0 Å². The third-order valence-electron chi connectivity index (χ3n) is 3.54. The Kier molecular flexibility index (Phi) is 4.09. The largest absolute Gasteiger partial charge is 0.497 e. The summed E-state index contributed by atoms with van der Waals surface area (Å²) in [4.78, 5) is 2.41. The van der Waals surface area contributed by atoms with E-state index in [9.17, 15) is 0 Å². The summed E-state index contributed by atoms with van der Waals surface area (Å²) in [7, 11) is 3.38. The van der Waals surface area contributed by atoms with Crippen molar-refractivity contribution in [1.82, 2.24) is 4.90 Å². The lowest BCUT2D eigenvalue weighted by atomic mass is 10.0. The molecule has 0 bridgehead atoms. The van der Waals surface area contributed by atoms with Crippen LogP contribution in [0.4, 0.5) is 0 Å². The molecule has 1 unspecified atom stereocenters. The zero-order chi connectivity index (χ0) is 13.1. The standard InChI is InChI=1S/C14H22N2O2/c1-4-5-16-9-10-6-11(17-2)7-13(18-3)14(10)12(16)8-15/h6-7,12H,4-5,8-9,15H2,1-3H3. The van der Waals surface area contributed by atoms with E-state index >= 15 is 0 Å². The second-order valence-corrected chi connectivity index (χ2v) is 4.62. The molecule has 4 nitrogen and oxygen atoms in total. The molecule has 1 aliphatic rings. The summed E-state index contributed by atoms with van der Waals surface area (Å²) >= 11 is 0. The number of hydrogen-bond acceptors (Lipinski definition) is 4. The molecule has 100 valence electrons. The number of ether oxygens (including phenoxy) is 2. The quantitative estimate of drug-likeness (QED) is 0.867. The highest BCUT2D eigenvalue weighted by Crippen LogP contribution is 2.41. The van der Waals surface area contributed by atoms with E-state index in [-0.39, 0.29) is 6.04 Å². The SMILES string of the molecule is CCCN1Cc2cc(OC)cc(OC)c2C1CN. The fourth-order valence-electron chi connectivity index (χ4n) is 2.75. The van der Waals surface area contributed by atoms with Gasteiger partial charge in [-0.25, -0.2) is 0 Å². The lowest BCUT2D eigenvalue weighted by Gasteiger charge is -2.23. The monoisotopic (exact) mass is 250 g/mol. The summed E-state index contributed by atoms with van der Waals surface area (Å²) in [6.45, 7) is 4.80. The number of nitrogens with two attached hydrogens (primary N) is 1. The molecule has 2 N–H and O–H groups in total. The molecule has 0 amide bonds. The van der Waals surface area contributed by atoms with Crippen LogP contribution in [0.25, 0.3) is 0 Å². The Morgan fingerprint density at radius 2 is 2.11 bits per heavy atom. The zero-order valence-electron chi connectivity index (χ0n) is 11.4. The van der Waals surface area contributed by atoms with Gasteiger partial charge in [0.15, 0.2) is 0 Å². The maximum atomic E-state index is 5.93. The van der Waals surface area contributed by atoms with Crippen LogP contribution in [-0.2, 0) is 6.54 Å². The number of rotatable bonds is 5. The first kappa shape index (κ1) is 13.2. The Morgan fingerprint density at radius 3 is 2.67 bits per heavy atom. The molecule has 0 fully saturated rings. The predicted octanol–water partition coefficient (Wildman–Crippen LogP) is 1.93. The van der Waals surface area contributed by atoms with Crippen LogP contribution in [0.3, 0.4) is 0 Å². The van der Waals surface area contributed by atoms with Gasteiger partial charge in [-0.15, -0.1) is 0 Å². The molecule has 0 spiro atoms. The first-order valence-corrected chi connectivity index (χ1v) is 6.44. The first-order chi connectivity index (χ1) is 8.74. The van der Waals surface area contributed by atoms with E-state index in [0.717, 1.165) is 31.0 Å².